The van der Waals surface area contributed by atoms with Gasteiger partial charge in [-0.2, -0.15) is 0 Å². The van der Waals surface area contributed by atoms with E-state index in [1.165, 1.54) is 6.07 Å². The van der Waals surface area contributed by atoms with E-state index in [0.29, 0.717) is 22.0 Å². The molecule has 1 aromatic heterocycles. The Morgan fingerprint density at radius 2 is 1.84 bits per heavy atom. The zero-order chi connectivity index (χ0) is 13.4. The van der Waals surface area contributed by atoms with Crippen molar-refractivity contribution >= 4 is 16.7 Å². The van der Waals surface area contributed by atoms with E-state index in [1.54, 1.807) is 24.4 Å². The Kier molecular flexibility index (Phi) is 2.67. The minimum atomic E-state index is -0.379. The summed E-state index contributed by atoms with van der Waals surface area (Å²) in [6.45, 7) is 1.87. The number of fused-ring (bicyclic) bond motifs is 1. The van der Waals surface area contributed by atoms with Gasteiger partial charge in [-0.25, -0.2) is 4.39 Å². The first-order chi connectivity index (χ1) is 9.18. The van der Waals surface area contributed by atoms with Gasteiger partial charge in [0, 0.05) is 22.7 Å². The fraction of sp³-hybridized carbons (Fsp3) is 0.0625. The van der Waals surface area contributed by atoms with Gasteiger partial charge in [-0.3, -0.25) is 4.79 Å². The van der Waals surface area contributed by atoms with Gasteiger partial charge in [0.1, 0.15) is 5.82 Å². The Bertz CT molecular complexity index is 773. The van der Waals surface area contributed by atoms with Crippen molar-refractivity contribution in [2.45, 2.75) is 6.92 Å². The van der Waals surface area contributed by atoms with Crippen molar-refractivity contribution in [1.29, 1.82) is 0 Å². The molecule has 3 aromatic rings. The number of benzene rings is 2. The maximum Gasteiger partial charge on any atom is 0.195 e. The van der Waals surface area contributed by atoms with E-state index in [-0.39, 0.29) is 11.6 Å². The molecule has 0 amide bonds. The van der Waals surface area contributed by atoms with Crippen LogP contribution in [0.3, 0.4) is 0 Å². The van der Waals surface area contributed by atoms with Crippen LogP contribution in [0.4, 0.5) is 4.39 Å². The van der Waals surface area contributed by atoms with Crippen LogP contribution in [0, 0.1) is 12.7 Å². The lowest BCUT2D eigenvalue weighted by Crippen LogP contribution is -2.03. The molecule has 2 nitrogen and oxygen atoms in total. The first kappa shape index (κ1) is 11.7. The first-order valence-electron chi connectivity index (χ1n) is 6.04. The van der Waals surface area contributed by atoms with Crippen LogP contribution in [0.5, 0.6) is 0 Å². The number of aromatic amines is 1. The number of H-pyrrole nitrogens is 1. The molecular weight excluding hydrogens is 241 g/mol. The molecule has 1 heterocycles. The summed E-state index contributed by atoms with van der Waals surface area (Å²) in [6.07, 6.45) is 1.57. The topological polar surface area (TPSA) is 32.9 Å². The highest BCUT2D eigenvalue weighted by atomic mass is 19.1. The Morgan fingerprint density at radius 3 is 2.63 bits per heavy atom. The number of halogens is 1. The number of hydrogen-bond acceptors (Lipinski definition) is 1. The van der Waals surface area contributed by atoms with E-state index < -0.39 is 0 Å². The summed E-state index contributed by atoms with van der Waals surface area (Å²) in [5.41, 5.74) is 2.50. The lowest BCUT2D eigenvalue weighted by molar-refractivity contribution is 0.103. The van der Waals surface area contributed by atoms with E-state index in [2.05, 4.69) is 4.98 Å². The minimum absolute atomic E-state index is 0.158. The smallest absolute Gasteiger partial charge is 0.195 e. The van der Waals surface area contributed by atoms with Gasteiger partial charge < -0.3 is 4.98 Å². The van der Waals surface area contributed by atoms with Crippen LogP contribution in [0.1, 0.15) is 21.5 Å². The highest BCUT2D eigenvalue weighted by Gasteiger charge is 2.17. The Morgan fingerprint density at radius 1 is 1.05 bits per heavy atom. The molecule has 0 saturated heterocycles. The number of ketones is 1. The van der Waals surface area contributed by atoms with Crippen LogP contribution in [0.2, 0.25) is 0 Å². The monoisotopic (exact) mass is 253 g/mol. The fourth-order valence-electron chi connectivity index (χ4n) is 2.29. The van der Waals surface area contributed by atoms with Crippen LogP contribution < -0.4 is 0 Å². The number of carbonyl (C=O) groups is 1. The second-order valence-corrected chi connectivity index (χ2v) is 4.51. The molecule has 3 rings (SSSR count). The molecule has 94 valence electrons. The third kappa shape index (κ3) is 1.83. The maximum absolute atomic E-state index is 13.9. The van der Waals surface area contributed by atoms with Gasteiger partial charge in [-0.05, 0) is 24.6 Å². The third-order valence-corrected chi connectivity index (χ3v) is 3.29. The zero-order valence-corrected chi connectivity index (χ0v) is 10.4. The lowest BCUT2D eigenvalue weighted by Gasteiger charge is -2.03. The second kappa shape index (κ2) is 4.35. The van der Waals surface area contributed by atoms with Crippen molar-refractivity contribution in [3.8, 4) is 0 Å². The third-order valence-electron chi connectivity index (χ3n) is 3.29. The molecule has 0 saturated carbocycles. The summed E-state index contributed by atoms with van der Waals surface area (Å²) < 4.78 is 13.9. The van der Waals surface area contributed by atoms with E-state index in [0.717, 1.165) is 5.56 Å². The van der Waals surface area contributed by atoms with Crippen molar-refractivity contribution in [2.24, 2.45) is 0 Å². The summed E-state index contributed by atoms with van der Waals surface area (Å²) in [4.78, 5) is 15.4. The van der Waals surface area contributed by atoms with Crippen molar-refractivity contribution in [2.75, 3.05) is 0 Å². The van der Waals surface area contributed by atoms with E-state index in [9.17, 15) is 9.18 Å². The van der Waals surface area contributed by atoms with Crippen molar-refractivity contribution in [1.82, 2.24) is 4.98 Å². The summed E-state index contributed by atoms with van der Waals surface area (Å²) >= 11 is 0. The molecule has 1 N–H and O–H groups in total. The van der Waals surface area contributed by atoms with Crippen LogP contribution in [0.25, 0.3) is 10.9 Å². The quantitative estimate of drug-likeness (QED) is 0.691. The molecule has 19 heavy (non-hydrogen) atoms. The molecular formula is C16H12FNO. The Labute approximate surface area is 109 Å². The number of nitrogens with one attached hydrogen (secondary N) is 1. The van der Waals surface area contributed by atoms with Crippen LogP contribution >= 0.6 is 0 Å². The average molecular weight is 253 g/mol. The Balaban J connectivity index is 2.21. The largest absolute Gasteiger partial charge is 0.360 e. The molecule has 0 spiro atoms. The van der Waals surface area contributed by atoms with E-state index in [1.807, 2.05) is 25.1 Å². The van der Waals surface area contributed by atoms with Crippen molar-refractivity contribution in [3.05, 3.63) is 71.2 Å². The molecule has 0 fully saturated rings. The van der Waals surface area contributed by atoms with Gasteiger partial charge in [0.05, 0.1) is 5.56 Å². The predicted molar refractivity (Wildman–Crippen MR) is 72.9 cm³/mol. The number of aryl methyl sites for hydroxylation is 1. The summed E-state index contributed by atoms with van der Waals surface area (Å²) in [5.74, 6) is -0.537. The molecule has 0 unspecified atom stereocenters. The molecule has 0 atom stereocenters. The van der Waals surface area contributed by atoms with Gasteiger partial charge >= 0.3 is 0 Å². The Hall–Kier alpha value is -2.42. The molecule has 0 aliphatic carbocycles. The van der Waals surface area contributed by atoms with Gasteiger partial charge in [0.2, 0.25) is 0 Å². The first-order valence-corrected chi connectivity index (χ1v) is 6.04. The van der Waals surface area contributed by atoms with Crippen LogP contribution in [-0.2, 0) is 0 Å². The molecule has 3 heteroatoms. The van der Waals surface area contributed by atoms with Crippen molar-refractivity contribution in [3.63, 3.8) is 0 Å². The highest BCUT2D eigenvalue weighted by Crippen LogP contribution is 2.24. The number of hydrogen-bond donors (Lipinski definition) is 1. The maximum atomic E-state index is 13.9. The fourth-order valence-corrected chi connectivity index (χ4v) is 2.29. The lowest BCUT2D eigenvalue weighted by atomic mass is 9.99. The molecule has 0 radical (unpaired) electrons. The van der Waals surface area contributed by atoms with E-state index in [4.69, 9.17) is 0 Å². The summed E-state index contributed by atoms with van der Waals surface area (Å²) in [7, 11) is 0. The van der Waals surface area contributed by atoms with Crippen molar-refractivity contribution < 1.29 is 9.18 Å². The van der Waals surface area contributed by atoms with Crippen LogP contribution in [-0.4, -0.2) is 10.8 Å². The normalized spacial score (nSPS) is 10.8. The number of rotatable bonds is 2. The number of carbonyl (C=O) groups excluding carboxylic acids is 1. The number of aromatic nitrogens is 1. The molecule has 2 aromatic carbocycles. The highest BCUT2D eigenvalue weighted by molar-refractivity contribution is 6.17. The second-order valence-electron chi connectivity index (χ2n) is 4.51. The van der Waals surface area contributed by atoms with Gasteiger partial charge in [0.15, 0.2) is 5.78 Å². The molecule has 0 bridgehead atoms. The predicted octanol–water partition coefficient (Wildman–Crippen LogP) is 3.85. The zero-order valence-electron chi connectivity index (χ0n) is 10.4. The summed E-state index contributed by atoms with van der Waals surface area (Å²) in [6, 6.07) is 12.1. The molecule has 0 aliphatic heterocycles. The van der Waals surface area contributed by atoms with Crippen LogP contribution in [0.15, 0.2) is 48.7 Å². The molecule has 0 aliphatic rings. The summed E-state index contributed by atoms with van der Waals surface area (Å²) in [5, 5.41) is 0.357. The SMILES string of the molecule is Cc1ccccc1C(=O)c1c[nH]c2cccc(F)c12. The standard InChI is InChI=1S/C16H12FNO/c1-10-5-2-3-6-11(10)16(19)12-9-18-14-8-4-7-13(17)15(12)14/h2-9,18H,1H3. The van der Waals surface area contributed by atoms with Gasteiger partial charge in [0.25, 0.3) is 0 Å². The average Bonchev–Trinajstić information content (AvgIpc) is 2.84. The minimum Gasteiger partial charge on any atom is -0.360 e. The van der Waals surface area contributed by atoms with Gasteiger partial charge in [-0.15, -0.1) is 0 Å². The van der Waals surface area contributed by atoms with E-state index >= 15 is 0 Å². The van der Waals surface area contributed by atoms with Gasteiger partial charge in [-0.1, -0.05) is 30.3 Å².